The van der Waals surface area contributed by atoms with Gasteiger partial charge in [0.1, 0.15) is 18.3 Å². The Morgan fingerprint density at radius 3 is 2.06 bits per heavy atom. The molecule has 0 amide bonds. The first-order chi connectivity index (χ1) is 15.2. The fraction of sp³-hybridized carbons (Fsp3) is 0.750. The van der Waals surface area contributed by atoms with E-state index in [0.29, 0.717) is 12.8 Å². The second kappa shape index (κ2) is 8.51. The SMILES string of the molecule is C=CC1(C)CC(=O)C2(O)C(O1)C(OC(C)=O)C(OC(C)=O)C1C2C(OC(C)=O)CCC1(C)C. The summed E-state index contributed by atoms with van der Waals surface area (Å²) in [4.78, 5) is 49.8. The van der Waals surface area contributed by atoms with Crippen LogP contribution in [0.5, 0.6) is 0 Å². The van der Waals surface area contributed by atoms with Crippen LogP contribution in [0.3, 0.4) is 0 Å². The maximum Gasteiger partial charge on any atom is 0.303 e. The van der Waals surface area contributed by atoms with Crippen LogP contribution in [0.2, 0.25) is 0 Å². The number of carbonyl (C=O) groups is 4. The van der Waals surface area contributed by atoms with Gasteiger partial charge in [0.15, 0.2) is 17.5 Å². The van der Waals surface area contributed by atoms with E-state index in [2.05, 4.69) is 6.58 Å². The highest BCUT2D eigenvalue weighted by atomic mass is 16.6. The molecule has 0 aromatic carbocycles. The largest absolute Gasteiger partial charge is 0.462 e. The maximum absolute atomic E-state index is 13.6. The number of rotatable bonds is 4. The third kappa shape index (κ3) is 4.33. The summed E-state index contributed by atoms with van der Waals surface area (Å²) in [6.45, 7) is 12.9. The quantitative estimate of drug-likeness (QED) is 0.375. The average Bonchev–Trinajstić information content (AvgIpc) is 2.67. The first kappa shape index (κ1) is 25.4. The van der Waals surface area contributed by atoms with E-state index in [9.17, 15) is 24.3 Å². The summed E-state index contributed by atoms with van der Waals surface area (Å²) in [6, 6.07) is 0. The highest BCUT2D eigenvalue weighted by Gasteiger charge is 2.73. The lowest BCUT2D eigenvalue weighted by molar-refractivity contribution is -0.308. The normalized spacial score (nSPS) is 41.7. The van der Waals surface area contributed by atoms with Crippen molar-refractivity contribution in [1.82, 2.24) is 0 Å². The van der Waals surface area contributed by atoms with Crippen molar-refractivity contribution in [2.75, 3.05) is 0 Å². The highest BCUT2D eigenvalue weighted by molar-refractivity contribution is 5.91. The van der Waals surface area contributed by atoms with Crippen LogP contribution >= 0.6 is 0 Å². The molecule has 184 valence electrons. The number of ether oxygens (including phenoxy) is 4. The molecule has 1 aliphatic heterocycles. The van der Waals surface area contributed by atoms with E-state index in [1.54, 1.807) is 6.92 Å². The van der Waals surface area contributed by atoms with Crippen LogP contribution in [0, 0.1) is 17.3 Å². The van der Waals surface area contributed by atoms with E-state index < -0.39 is 76.6 Å². The zero-order valence-electron chi connectivity index (χ0n) is 20.1. The van der Waals surface area contributed by atoms with Crippen molar-refractivity contribution in [3.8, 4) is 0 Å². The van der Waals surface area contributed by atoms with Gasteiger partial charge in [0.2, 0.25) is 0 Å². The van der Waals surface area contributed by atoms with E-state index >= 15 is 0 Å². The highest BCUT2D eigenvalue weighted by Crippen LogP contribution is 2.59. The van der Waals surface area contributed by atoms with Gasteiger partial charge in [-0.05, 0) is 25.2 Å². The molecule has 9 heteroatoms. The molecule has 1 saturated heterocycles. The number of Topliss-reactive ketones (excluding diaryl/α,β-unsaturated/α-hetero) is 1. The zero-order chi connectivity index (χ0) is 24.9. The molecule has 2 saturated carbocycles. The van der Waals surface area contributed by atoms with Crippen molar-refractivity contribution < 1.29 is 43.2 Å². The number of hydrogen-bond donors (Lipinski definition) is 1. The van der Waals surface area contributed by atoms with Crippen molar-refractivity contribution in [1.29, 1.82) is 0 Å². The van der Waals surface area contributed by atoms with E-state index in [-0.39, 0.29) is 6.42 Å². The average molecular weight is 467 g/mol. The second-order valence-corrected chi connectivity index (χ2v) is 10.4. The van der Waals surface area contributed by atoms with E-state index in [0.717, 1.165) is 0 Å². The number of fused-ring (bicyclic) bond motifs is 3. The van der Waals surface area contributed by atoms with Gasteiger partial charge in [-0.15, -0.1) is 6.58 Å². The molecule has 3 aliphatic rings. The number of hydrogen-bond acceptors (Lipinski definition) is 9. The predicted octanol–water partition coefficient (Wildman–Crippen LogP) is 1.88. The molecule has 1 N–H and O–H groups in total. The van der Waals surface area contributed by atoms with Gasteiger partial charge in [0.05, 0.1) is 5.60 Å². The van der Waals surface area contributed by atoms with Gasteiger partial charge in [-0.2, -0.15) is 0 Å². The van der Waals surface area contributed by atoms with Gasteiger partial charge in [0.25, 0.3) is 0 Å². The molecule has 3 rings (SSSR count). The zero-order valence-corrected chi connectivity index (χ0v) is 20.1. The van der Waals surface area contributed by atoms with Crippen molar-refractivity contribution >= 4 is 23.7 Å². The minimum Gasteiger partial charge on any atom is -0.462 e. The lowest BCUT2D eigenvalue weighted by Gasteiger charge is -2.63. The molecule has 0 aromatic heterocycles. The van der Waals surface area contributed by atoms with Gasteiger partial charge < -0.3 is 24.1 Å². The molecule has 1 heterocycles. The number of carbonyl (C=O) groups excluding carboxylic acids is 4. The summed E-state index contributed by atoms with van der Waals surface area (Å²) in [7, 11) is 0. The van der Waals surface area contributed by atoms with E-state index in [1.165, 1.54) is 26.8 Å². The van der Waals surface area contributed by atoms with E-state index in [1.807, 2.05) is 13.8 Å². The van der Waals surface area contributed by atoms with Crippen LogP contribution in [0.4, 0.5) is 0 Å². The number of esters is 3. The lowest BCUT2D eigenvalue weighted by Crippen LogP contribution is -2.78. The van der Waals surface area contributed by atoms with Gasteiger partial charge in [-0.1, -0.05) is 19.9 Å². The summed E-state index contributed by atoms with van der Waals surface area (Å²) >= 11 is 0. The van der Waals surface area contributed by atoms with Crippen LogP contribution in [0.15, 0.2) is 12.7 Å². The summed E-state index contributed by atoms with van der Waals surface area (Å²) in [6.07, 6.45) is -2.20. The van der Waals surface area contributed by atoms with Crippen molar-refractivity contribution in [2.45, 2.75) is 96.4 Å². The number of aliphatic hydroxyl groups is 1. The first-order valence-electron chi connectivity index (χ1n) is 11.2. The van der Waals surface area contributed by atoms with Gasteiger partial charge >= 0.3 is 17.9 Å². The maximum atomic E-state index is 13.6. The summed E-state index contributed by atoms with van der Waals surface area (Å²) in [5.41, 5.74) is -3.83. The Balaban J connectivity index is 2.27. The molecule has 8 atom stereocenters. The second-order valence-electron chi connectivity index (χ2n) is 10.4. The third-order valence-electron chi connectivity index (χ3n) is 7.39. The summed E-state index contributed by atoms with van der Waals surface area (Å²) in [5.74, 6) is -3.96. The Hall–Kier alpha value is -2.26. The summed E-state index contributed by atoms with van der Waals surface area (Å²) in [5, 5.41) is 12.1. The van der Waals surface area contributed by atoms with Crippen LogP contribution in [0.1, 0.15) is 60.8 Å². The molecule has 33 heavy (non-hydrogen) atoms. The Morgan fingerprint density at radius 1 is 1.00 bits per heavy atom. The monoisotopic (exact) mass is 466 g/mol. The Morgan fingerprint density at radius 2 is 1.55 bits per heavy atom. The smallest absolute Gasteiger partial charge is 0.303 e. The molecule has 0 bridgehead atoms. The van der Waals surface area contributed by atoms with Crippen LogP contribution in [-0.2, 0) is 38.1 Å². The van der Waals surface area contributed by atoms with Crippen LogP contribution in [-0.4, -0.2) is 64.4 Å². The molecular weight excluding hydrogens is 432 g/mol. The molecule has 3 fully saturated rings. The Bertz CT molecular complexity index is 864. The van der Waals surface area contributed by atoms with Crippen molar-refractivity contribution in [3.63, 3.8) is 0 Å². The fourth-order valence-electron chi connectivity index (χ4n) is 6.01. The molecule has 0 spiro atoms. The minimum atomic E-state index is -2.14. The van der Waals surface area contributed by atoms with Crippen LogP contribution in [0.25, 0.3) is 0 Å². The molecule has 0 radical (unpaired) electrons. The fourth-order valence-corrected chi connectivity index (χ4v) is 6.01. The van der Waals surface area contributed by atoms with Crippen LogP contribution < -0.4 is 0 Å². The molecule has 0 aromatic rings. The van der Waals surface area contributed by atoms with E-state index in [4.69, 9.17) is 18.9 Å². The number of ketones is 1. The predicted molar refractivity (Wildman–Crippen MR) is 115 cm³/mol. The van der Waals surface area contributed by atoms with Gasteiger partial charge in [-0.3, -0.25) is 19.2 Å². The van der Waals surface area contributed by atoms with Gasteiger partial charge in [0, 0.05) is 39.0 Å². The van der Waals surface area contributed by atoms with Crippen molar-refractivity contribution in [2.24, 2.45) is 17.3 Å². The third-order valence-corrected chi connectivity index (χ3v) is 7.39. The Kier molecular flexibility index (Phi) is 6.54. The Labute approximate surface area is 193 Å². The topological polar surface area (TPSA) is 125 Å². The molecule has 8 unspecified atom stereocenters. The van der Waals surface area contributed by atoms with Gasteiger partial charge in [-0.25, -0.2) is 0 Å². The molecular formula is C24H34O9. The summed E-state index contributed by atoms with van der Waals surface area (Å²) < 4.78 is 23.1. The molecule has 2 aliphatic carbocycles. The minimum absolute atomic E-state index is 0.162. The lowest BCUT2D eigenvalue weighted by atomic mass is 9.49. The standard InChI is InChI=1S/C24H34O9/c1-8-23(7)11-16(28)24(29)17-15(30-12(2)25)9-10-22(5,6)18(17)19(31-13(3)26)20(21(24)33-23)32-14(4)27/h8,15,17-21,29H,1,9-11H2,2-7H3. The van der Waals surface area contributed by atoms with Crippen molar-refractivity contribution in [3.05, 3.63) is 12.7 Å². The molecule has 9 nitrogen and oxygen atoms in total. The first-order valence-corrected chi connectivity index (χ1v) is 11.2.